The highest BCUT2D eigenvalue weighted by Crippen LogP contribution is 2.30. The average Bonchev–Trinajstić information content (AvgIpc) is 2.68. The van der Waals surface area contributed by atoms with E-state index >= 15 is 0 Å². The summed E-state index contributed by atoms with van der Waals surface area (Å²) in [6.45, 7) is 0.670. The Kier molecular flexibility index (Phi) is 6.60. The maximum atomic E-state index is 13.2. The van der Waals surface area contributed by atoms with Crippen LogP contribution >= 0.6 is 23.2 Å². The molecule has 3 aromatic carbocycles. The smallest absolute Gasteiger partial charge is 0.161 e. The molecule has 0 aliphatic rings. The van der Waals surface area contributed by atoms with E-state index in [0.717, 1.165) is 5.56 Å². The predicted molar refractivity (Wildman–Crippen MR) is 107 cm³/mol. The minimum atomic E-state index is -0.461. The molecule has 0 fully saturated rings. The Morgan fingerprint density at radius 2 is 1.71 bits per heavy atom. The van der Waals surface area contributed by atoms with Gasteiger partial charge in [-0.2, -0.15) is 0 Å². The van der Waals surface area contributed by atoms with Crippen molar-refractivity contribution in [3.63, 3.8) is 0 Å². The van der Waals surface area contributed by atoms with E-state index in [9.17, 15) is 8.78 Å². The Morgan fingerprint density at radius 1 is 0.893 bits per heavy atom. The molecule has 0 saturated heterocycles. The van der Waals surface area contributed by atoms with Crippen LogP contribution in [0.2, 0.25) is 10.0 Å². The van der Waals surface area contributed by atoms with Crippen LogP contribution in [0.3, 0.4) is 0 Å². The zero-order valence-corrected chi connectivity index (χ0v) is 16.5. The van der Waals surface area contributed by atoms with Crippen molar-refractivity contribution in [1.82, 2.24) is 0 Å². The Labute approximate surface area is 171 Å². The standard InChI is InChI=1S/C21H17Cl2F2NO2/c1-27-21-8-13(11-26-16-5-6-19(25)18(23)10-16)2-7-20(21)28-12-14-3-4-15(24)9-17(14)22/h2-10,26H,11-12H2,1H3. The lowest BCUT2D eigenvalue weighted by atomic mass is 10.2. The molecule has 3 nitrogen and oxygen atoms in total. The fourth-order valence-corrected chi connectivity index (χ4v) is 2.95. The van der Waals surface area contributed by atoms with Crippen molar-refractivity contribution < 1.29 is 18.3 Å². The van der Waals surface area contributed by atoms with Crippen molar-refractivity contribution in [2.45, 2.75) is 13.2 Å². The summed E-state index contributed by atoms with van der Waals surface area (Å²) in [5.41, 5.74) is 2.31. The third-order valence-corrected chi connectivity index (χ3v) is 4.68. The van der Waals surface area contributed by atoms with Gasteiger partial charge in [-0.1, -0.05) is 35.3 Å². The van der Waals surface area contributed by atoms with E-state index in [0.29, 0.717) is 34.3 Å². The minimum Gasteiger partial charge on any atom is -0.493 e. The highest BCUT2D eigenvalue weighted by molar-refractivity contribution is 6.31. The molecule has 3 aromatic rings. The van der Waals surface area contributed by atoms with E-state index in [1.165, 1.54) is 24.3 Å². The van der Waals surface area contributed by atoms with E-state index in [1.54, 1.807) is 25.3 Å². The summed E-state index contributed by atoms with van der Waals surface area (Å²) >= 11 is 11.8. The lowest BCUT2D eigenvalue weighted by molar-refractivity contribution is 0.284. The van der Waals surface area contributed by atoms with Gasteiger partial charge in [0.05, 0.1) is 17.2 Å². The topological polar surface area (TPSA) is 30.5 Å². The van der Waals surface area contributed by atoms with Crippen LogP contribution in [0.5, 0.6) is 11.5 Å². The Morgan fingerprint density at radius 3 is 2.43 bits per heavy atom. The maximum absolute atomic E-state index is 13.2. The van der Waals surface area contributed by atoms with Crippen LogP contribution in [-0.4, -0.2) is 7.11 Å². The number of ether oxygens (including phenoxy) is 2. The number of rotatable bonds is 7. The second kappa shape index (κ2) is 9.13. The molecular weight excluding hydrogens is 407 g/mol. The van der Waals surface area contributed by atoms with Crippen molar-refractivity contribution in [3.8, 4) is 11.5 Å². The van der Waals surface area contributed by atoms with Gasteiger partial charge in [-0.3, -0.25) is 0 Å². The van der Waals surface area contributed by atoms with Gasteiger partial charge < -0.3 is 14.8 Å². The van der Waals surface area contributed by atoms with Gasteiger partial charge in [0.1, 0.15) is 18.2 Å². The molecule has 0 heterocycles. The van der Waals surface area contributed by atoms with E-state index in [2.05, 4.69) is 5.32 Å². The largest absolute Gasteiger partial charge is 0.493 e. The molecule has 0 unspecified atom stereocenters. The lowest BCUT2D eigenvalue weighted by Gasteiger charge is -2.14. The summed E-state index contributed by atoms with van der Waals surface area (Å²) in [5, 5.41) is 3.53. The molecule has 0 aliphatic heterocycles. The molecule has 0 aliphatic carbocycles. The van der Waals surface area contributed by atoms with E-state index < -0.39 is 11.6 Å². The summed E-state index contributed by atoms with van der Waals surface area (Å²) in [4.78, 5) is 0. The van der Waals surface area contributed by atoms with Gasteiger partial charge in [0.2, 0.25) is 0 Å². The summed E-state index contributed by atoms with van der Waals surface area (Å²) < 4.78 is 37.5. The van der Waals surface area contributed by atoms with Crippen LogP contribution in [0.4, 0.5) is 14.5 Å². The van der Waals surface area contributed by atoms with E-state index in [-0.39, 0.29) is 11.6 Å². The van der Waals surface area contributed by atoms with Gasteiger partial charge in [0.15, 0.2) is 11.5 Å². The minimum absolute atomic E-state index is 0.0609. The molecule has 146 valence electrons. The highest BCUT2D eigenvalue weighted by Gasteiger charge is 2.09. The average molecular weight is 424 g/mol. The molecule has 0 atom stereocenters. The normalized spacial score (nSPS) is 10.6. The van der Waals surface area contributed by atoms with Gasteiger partial charge in [0, 0.05) is 17.8 Å². The molecule has 0 spiro atoms. The van der Waals surface area contributed by atoms with Gasteiger partial charge in [0.25, 0.3) is 0 Å². The first kappa shape index (κ1) is 20.2. The monoisotopic (exact) mass is 423 g/mol. The van der Waals surface area contributed by atoms with E-state index in [1.807, 2.05) is 12.1 Å². The molecule has 0 radical (unpaired) electrons. The number of hydrogen-bond acceptors (Lipinski definition) is 3. The maximum Gasteiger partial charge on any atom is 0.161 e. The lowest BCUT2D eigenvalue weighted by Crippen LogP contribution is -2.02. The van der Waals surface area contributed by atoms with Gasteiger partial charge in [-0.15, -0.1) is 0 Å². The number of methoxy groups -OCH3 is 1. The molecule has 3 rings (SSSR count). The molecule has 0 saturated carbocycles. The molecule has 0 bridgehead atoms. The van der Waals surface area contributed by atoms with Crippen molar-refractivity contribution >= 4 is 28.9 Å². The summed E-state index contributed by atoms with van der Waals surface area (Å²) in [6.07, 6.45) is 0. The first-order valence-corrected chi connectivity index (χ1v) is 9.14. The Balaban J connectivity index is 1.66. The fourth-order valence-electron chi connectivity index (χ4n) is 2.55. The van der Waals surface area contributed by atoms with Crippen molar-refractivity contribution in [1.29, 1.82) is 0 Å². The van der Waals surface area contributed by atoms with Crippen LogP contribution in [0.25, 0.3) is 0 Å². The second-order valence-corrected chi connectivity index (χ2v) is 6.81. The van der Waals surface area contributed by atoms with Crippen LogP contribution in [0.15, 0.2) is 54.6 Å². The third kappa shape index (κ3) is 5.06. The third-order valence-electron chi connectivity index (χ3n) is 4.04. The first-order chi connectivity index (χ1) is 13.5. The Bertz CT molecular complexity index is 983. The Hall–Kier alpha value is -2.50. The number of halogens is 4. The molecule has 0 amide bonds. The fraction of sp³-hybridized carbons (Fsp3) is 0.143. The van der Waals surface area contributed by atoms with Crippen LogP contribution < -0.4 is 14.8 Å². The molecular formula is C21H17Cl2F2NO2. The van der Waals surface area contributed by atoms with Gasteiger partial charge >= 0.3 is 0 Å². The zero-order chi connectivity index (χ0) is 20.1. The van der Waals surface area contributed by atoms with E-state index in [4.69, 9.17) is 32.7 Å². The SMILES string of the molecule is COc1cc(CNc2ccc(F)c(Cl)c2)ccc1OCc1ccc(F)cc1Cl. The quantitative estimate of drug-likeness (QED) is 0.472. The summed E-state index contributed by atoms with van der Waals surface area (Å²) in [6, 6.07) is 14.1. The van der Waals surface area contributed by atoms with Crippen LogP contribution in [0, 0.1) is 11.6 Å². The zero-order valence-electron chi connectivity index (χ0n) is 14.9. The summed E-state index contributed by atoms with van der Waals surface area (Å²) in [7, 11) is 1.55. The molecule has 1 N–H and O–H groups in total. The highest BCUT2D eigenvalue weighted by atomic mass is 35.5. The second-order valence-electron chi connectivity index (χ2n) is 5.99. The number of benzene rings is 3. The van der Waals surface area contributed by atoms with Crippen LogP contribution in [-0.2, 0) is 13.2 Å². The van der Waals surface area contributed by atoms with Crippen molar-refractivity contribution in [2.24, 2.45) is 0 Å². The predicted octanol–water partition coefficient (Wildman–Crippen LogP) is 6.47. The molecule has 0 aromatic heterocycles. The first-order valence-electron chi connectivity index (χ1n) is 8.39. The van der Waals surface area contributed by atoms with Gasteiger partial charge in [-0.25, -0.2) is 8.78 Å². The van der Waals surface area contributed by atoms with Crippen LogP contribution in [0.1, 0.15) is 11.1 Å². The van der Waals surface area contributed by atoms with Gasteiger partial charge in [-0.05, 0) is 48.0 Å². The molecule has 7 heteroatoms. The van der Waals surface area contributed by atoms with Crippen molar-refractivity contribution in [3.05, 3.63) is 87.4 Å². The number of nitrogens with one attached hydrogen (secondary N) is 1. The number of anilines is 1. The summed E-state index contributed by atoms with van der Waals surface area (Å²) in [5.74, 6) is 0.230. The molecule has 28 heavy (non-hydrogen) atoms. The van der Waals surface area contributed by atoms with Crippen molar-refractivity contribution in [2.75, 3.05) is 12.4 Å². The number of hydrogen-bond donors (Lipinski definition) is 1.